The molecule has 0 aliphatic rings. The molecule has 10 aromatic rings. The highest BCUT2D eigenvalue weighted by molar-refractivity contribution is 7.85. The average Bonchev–Trinajstić information content (AvgIpc) is 3.24. The fourth-order valence-corrected chi connectivity index (χ4v) is 11.0. The molecule has 0 N–H and O–H groups in total. The van der Waals surface area contributed by atoms with Crippen molar-refractivity contribution in [3.8, 4) is 33.4 Å². The molecule has 0 fully saturated rings. The van der Waals surface area contributed by atoms with Crippen molar-refractivity contribution < 1.29 is 4.57 Å². The fraction of sp³-hybridized carbons (Fsp3) is 0. The summed E-state index contributed by atoms with van der Waals surface area (Å²) in [5.74, 6) is 0. The van der Waals surface area contributed by atoms with Crippen LogP contribution in [0.4, 0.5) is 0 Å². The largest absolute Gasteiger partial charge is 0.309 e. The van der Waals surface area contributed by atoms with Crippen LogP contribution in [-0.4, -0.2) is 0 Å². The van der Waals surface area contributed by atoms with Gasteiger partial charge in [-0.3, -0.25) is 0 Å². The minimum absolute atomic E-state index is 0.815. The molecule has 0 saturated heterocycles. The van der Waals surface area contributed by atoms with E-state index < -0.39 is 7.14 Å². The molecule has 0 radical (unpaired) electrons. The minimum Gasteiger partial charge on any atom is -0.309 e. The van der Waals surface area contributed by atoms with Crippen LogP contribution in [0.5, 0.6) is 0 Å². The normalized spacial score (nSPS) is 11.8. The van der Waals surface area contributed by atoms with Gasteiger partial charge in [-0.05, 0) is 113 Å². The lowest BCUT2D eigenvalue weighted by Gasteiger charge is -2.21. The summed E-state index contributed by atoms with van der Waals surface area (Å²) in [6, 6.07) is 74.8. The Morgan fingerprint density at radius 1 is 0.259 bits per heavy atom. The first-order chi connectivity index (χ1) is 26.6. The van der Waals surface area contributed by atoms with Gasteiger partial charge in [0.1, 0.15) is 0 Å². The van der Waals surface area contributed by atoms with E-state index in [0.29, 0.717) is 0 Å². The molecule has 1 nitrogen and oxygen atoms in total. The third-order valence-electron chi connectivity index (χ3n) is 10.8. The van der Waals surface area contributed by atoms with Gasteiger partial charge in [0.15, 0.2) is 7.14 Å². The quantitative estimate of drug-likeness (QED) is 0.124. The van der Waals surface area contributed by atoms with E-state index in [-0.39, 0.29) is 0 Å². The minimum atomic E-state index is -3.19. The molecule has 0 bridgehead atoms. The second kappa shape index (κ2) is 13.2. The summed E-state index contributed by atoms with van der Waals surface area (Å²) in [5.41, 5.74) is 6.82. The lowest BCUT2D eigenvalue weighted by Crippen LogP contribution is -2.25. The second-order valence-corrected chi connectivity index (χ2v) is 16.8. The molecule has 0 saturated carbocycles. The van der Waals surface area contributed by atoms with Gasteiger partial charge in [-0.15, -0.1) is 0 Å². The molecular formula is C52H35OP. The van der Waals surface area contributed by atoms with Crippen molar-refractivity contribution in [3.63, 3.8) is 0 Å². The van der Waals surface area contributed by atoms with Crippen LogP contribution < -0.4 is 15.9 Å². The van der Waals surface area contributed by atoms with Gasteiger partial charge < -0.3 is 4.57 Å². The molecule has 254 valence electrons. The Balaban J connectivity index is 1.29. The van der Waals surface area contributed by atoms with Gasteiger partial charge >= 0.3 is 0 Å². The molecule has 0 amide bonds. The van der Waals surface area contributed by atoms with Gasteiger partial charge in [0, 0.05) is 15.9 Å². The third kappa shape index (κ3) is 5.36. The van der Waals surface area contributed by atoms with Crippen LogP contribution >= 0.6 is 7.14 Å². The van der Waals surface area contributed by atoms with E-state index in [4.69, 9.17) is 0 Å². The molecule has 0 aliphatic carbocycles. The number of rotatable bonds is 6. The molecule has 2 heteroatoms. The highest BCUT2D eigenvalue weighted by Crippen LogP contribution is 2.46. The maximum atomic E-state index is 15.6. The van der Waals surface area contributed by atoms with Crippen molar-refractivity contribution >= 4 is 66.1 Å². The van der Waals surface area contributed by atoms with E-state index in [1.54, 1.807) is 0 Å². The van der Waals surface area contributed by atoms with Gasteiger partial charge in [0.2, 0.25) is 0 Å². The summed E-state index contributed by atoms with van der Waals surface area (Å²) < 4.78 is 15.6. The summed E-state index contributed by atoms with van der Waals surface area (Å²) in [6.45, 7) is 0. The first kappa shape index (κ1) is 32.1. The summed E-state index contributed by atoms with van der Waals surface area (Å²) in [4.78, 5) is 0. The predicted molar refractivity (Wildman–Crippen MR) is 232 cm³/mol. The zero-order valence-corrected chi connectivity index (χ0v) is 30.5. The van der Waals surface area contributed by atoms with E-state index in [1.165, 1.54) is 54.2 Å². The Morgan fingerprint density at radius 2 is 0.611 bits per heavy atom. The number of benzene rings is 10. The van der Waals surface area contributed by atoms with Crippen LogP contribution in [0.25, 0.3) is 76.5 Å². The Hall–Kier alpha value is -6.53. The molecule has 0 aliphatic heterocycles. The maximum Gasteiger partial charge on any atom is 0.171 e. The molecule has 0 aromatic heterocycles. The smallest absolute Gasteiger partial charge is 0.171 e. The van der Waals surface area contributed by atoms with Gasteiger partial charge in [-0.1, -0.05) is 176 Å². The Labute approximate surface area is 315 Å². The van der Waals surface area contributed by atoms with Crippen LogP contribution in [0.3, 0.4) is 0 Å². The van der Waals surface area contributed by atoms with Gasteiger partial charge in [0.05, 0.1) is 0 Å². The van der Waals surface area contributed by atoms with Crippen molar-refractivity contribution in [2.45, 2.75) is 0 Å². The van der Waals surface area contributed by atoms with Gasteiger partial charge in [-0.2, -0.15) is 0 Å². The SMILES string of the molecule is O=P(c1ccccc1)(c1ccccc1)c1cccc(-c2cc(-c3c4ccccc4cc4ccccc34)cc(-c3c4ccccc4cc4ccccc34)c2)c1. The Kier molecular flexibility index (Phi) is 7.83. The molecular weight excluding hydrogens is 672 g/mol. The third-order valence-corrected chi connectivity index (χ3v) is 13.9. The predicted octanol–water partition coefficient (Wildman–Crippen LogP) is 12.9. The molecule has 0 spiro atoms. The number of fused-ring (bicyclic) bond motifs is 4. The van der Waals surface area contributed by atoms with Gasteiger partial charge in [-0.25, -0.2) is 0 Å². The molecule has 0 unspecified atom stereocenters. The molecule has 0 heterocycles. The zero-order valence-electron chi connectivity index (χ0n) is 29.6. The standard InChI is InChI=1S/C52H35OP/c53-54(44-21-3-1-4-22-44,45-23-5-2-6-24-45)46-25-15-20-36(35-46)41-32-42(51-47-26-11-7-16-37(47)30-38-17-8-12-27-48(38)51)34-43(33-41)52-49-28-13-9-18-39(49)31-40-19-10-14-29-50(40)52/h1-35H. The van der Waals surface area contributed by atoms with Crippen molar-refractivity contribution in [1.29, 1.82) is 0 Å². The second-order valence-electron chi connectivity index (χ2n) is 14.0. The lowest BCUT2D eigenvalue weighted by molar-refractivity contribution is 0.592. The number of hydrogen-bond donors (Lipinski definition) is 0. The van der Waals surface area contributed by atoms with Crippen molar-refractivity contribution in [2.24, 2.45) is 0 Å². The monoisotopic (exact) mass is 706 g/mol. The van der Waals surface area contributed by atoms with Gasteiger partial charge in [0.25, 0.3) is 0 Å². The topological polar surface area (TPSA) is 17.1 Å². The molecule has 10 rings (SSSR count). The first-order valence-electron chi connectivity index (χ1n) is 18.4. The highest BCUT2D eigenvalue weighted by atomic mass is 31.2. The molecule has 0 atom stereocenters. The molecule has 10 aromatic carbocycles. The van der Waals surface area contributed by atoms with E-state index in [2.05, 4.69) is 146 Å². The van der Waals surface area contributed by atoms with Crippen molar-refractivity contribution in [2.75, 3.05) is 0 Å². The summed E-state index contributed by atoms with van der Waals surface area (Å²) >= 11 is 0. The van der Waals surface area contributed by atoms with Crippen LogP contribution in [0.2, 0.25) is 0 Å². The zero-order chi connectivity index (χ0) is 36.1. The summed E-state index contributed by atoms with van der Waals surface area (Å²) in [7, 11) is -3.19. The average molecular weight is 707 g/mol. The van der Waals surface area contributed by atoms with Crippen molar-refractivity contribution in [1.82, 2.24) is 0 Å². The molecule has 54 heavy (non-hydrogen) atoms. The Bertz CT molecular complexity index is 2780. The first-order valence-corrected chi connectivity index (χ1v) is 20.1. The van der Waals surface area contributed by atoms with Crippen LogP contribution in [-0.2, 0) is 4.57 Å². The van der Waals surface area contributed by atoms with E-state index in [1.807, 2.05) is 66.7 Å². The van der Waals surface area contributed by atoms with Crippen molar-refractivity contribution in [3.05, 3.63) is 212 Å². The lowest BCUT2D eigenvalue weighted by atomic mass is 9.86. The summed E-state index contributed by atoms with van der Waals surface area (Å²) in [5, 5.41) is 12.2. The van der Waals surface area contributed by atoms with Crippen LogP contribution in [0, 0.1) is 0 Å². The Morgan fingerprint density at radius 3 is 1.04 bits per heavy atom. The van der Waals surface area contributed by atoms with Crippen LogP contribution in [0.1, 0.15) is 0 Å². The fourth-order valence-electron chi connectivity index (χ4n) is 8.34. The summed E-state index contributed by atoms with van der Waals surface area (Å²) in [6.07, 6.45) is 0. The van der Waals surface area contributed by atoms with E-state index >= 15 is 4.57 Å². The van der Waals surface area contributed by atoms with E-state index in [0.717, 1.165) is 38.2 Å². The van der Waals surface area contributed by atoms with Crippen LogP contribution in [0.15, 0.2) is 212 Å². The number of hydrogen-bond acceptors (Lipinski definition) is 1. The maximum absolute atomic E-state index is 15.6. The van der Waals surface area contributed by atoms with E-state index in [9.17, 15) is 0 Å². The highest BCUT2D eigenvalue weighted by Gasteiger charge is 2.30.